The van der Waals surface area contributed by atoms with Crippen LogP contribution >= 0.6 is 0 Å². The van der Waals surface area contributed by atoms with Crippen molar-refractivity contribution in [2.75, 3.05) is 44.3 Å². The predicted molar refractivity (Wildman–Crippen MR) is 148 cm³/mol. The number of fused-ring (bicyclic) bond motifs is 1. The van der Waals surface area contributed by atoms with Crippen LogP contribution in [0.1, 0.15) is 61.9 Å². The molecule has 4 aliphatic rings. The quantitative estimate of drug-likeness (QED) is 0.649. The molecule has 7 heteroatoms. The molecule has 1 aliphatic carbocycles. The predicted octanol–water partition coefficient (Wildman–Crippen LogP) is 4.58. The van der Waals surface area contributed by atoms with Gasteiger partial charge < -0.3 is 14.7 Å². The maximum absolute atomic E-state index is 10.2. The molecular weight excluding hydrogens is 462 g/mol. The Balaban J connectivity index is 1.39. The molecule has 1 aromatic heterocycles. The Morgan fingerprint density at radius 2 is 1.95 bits per heavy atom. The number of likely N-dealkylation sites (tertiary alicyclic amines) is 1. The summed E-state index contributed by atoms with van der Waals surface area (Å²) in [4.78, 5) is 19.3. The number of hydrogen-bond acceptors (Lipinski definition) is 7. The van der Waals surface area contributed by atoms with Crippen molar-refractivity contribution in [3.8, 4) is 11.3 Å². The first kappa shape index (κ1) is 24.5. The lowest BCUT2D eigenvalue weighted by atomic mass is 9.87. The smallest absolute Gasteiger partial charge is 0.226 e. The summed E-state index contributed by atoms with van der Waals surface area (Å²) in [6, 6.07) is 9.09. The number of hydrogen-bond donors (Lipinski definition) is 1. The fraction of sp³-hybridized carbons (Fsp3) is 0.500. The molecule has 0 bridgehead atoms. The monoisotopic (exact) mass is 499 g/mol. The summed E-state index contributed by atoms with van der Waals surface area (Å²) >= 11 is 0. The van der Waals surface area contributed by atoms with E-state index in [1.165, 1.54) is 22.3 Å². The lowest BCUT2D eigenvalue weighted by Crippen LogP contribution is -2.39. The van der Waals surface area contributed by atoms with Crippen LogP contribution in [0, 0.1) is 0 Å². The second kappa shape index (κ2) is 10.9. The highest BCUT2D eigenvalue weighted by atomic mass is 16.5. The number of β-amino-alcohol motifs (C(OH)–C–C–N with tert-alkyl or cyclic N) is 1. The maximum atomic E-state index is 10.2. The summed E-state index contributed by atoms with van der Waals surface area (Å²) in [5, 5.41) is 10.2. The Bertz CT molecular complexity index is 1230. The molecule has 6 rings (SSSR count). The molecule has 2 aromatic rings. The van der Waals surface area contributed by atoms with Gasteiger partial charge in [-0.05, 0) is 80.8 Å². The summed E-state index contributed by atoms with van der Waals surface area (Å²) < 4.78 is 5.60. The molecule has 0 radical (unpaired) electrons. The average Bonchev–Trinajstić information content (AvgIpc) is 2.97. The van der Waals surface area contributed by atoms with Gasteiger partial charge in [-0.25, -0.2) is 9.97 Å². The molecule has 0 spiro atoms. The minimum absolute atomic E-state index is 0.227. The zero-order valence-corrected chi connectivity index (χ0v) is 21.8. The molecule has 2 saturated heterocycles. The average molecular weight is 500 g/mol. The summed E-state index contributed by atoms with van der Waals surface area (Å²) in [5.74, 6) is 0.794. The van der Waals surface area contributed by atoms with Crippen molar-refractivity contribution in [1.29, 1.82) is 0 Å². The van der Waals surface area contributed by atoms with Gasteiger partial charge in [-0.1, -0.05) is 18.2 Å². The van der Waals surface area contributed by atoms with Crippen LogP contribution in [-0.4, -0.2) is 71.7 Å². The molecule has 37 heavy (non-hydrogen) atoms. The van der Waals surface area contributed by atoms with Crippen molar-refractivity contribution in [3.05, 3.63) is 58.4 Å². The Morgan fingerprint density at radius 3 is 2.76 bits per heavy atom. The highest BCUT2D eigenvalue weighted by Gasteiger charge is 2.26. The Morgan fingerprint density at radius 1 is 1.05 bits per heavy atom. The third-order valence-corrected chi connectivity index (χ3v) is 8.19. The number of piperidine rings is 1. The number of nitrogens with zero attached hydrogens (tertiary/aromatic N) is 5. The molecule has 7 nitrogen and oxygen atoms in total. The number of aliphatic hydroxyl groups excluding tert-OH is 1. The van der Waals surface area contributed by atoms with Gasteiger partial charge in [0.25, 0.3) is 0 Å². The van der Waals surface area contributed by atoms with E-state index < -0.39 is 0 Å². The van der Waals surface area contributed by atoms with E-state index >= 15 is 0 Å². The van der Waals surface area contributed by atoms with Crippen molar-refractivity contribution in [2.45, 2.75) is 57.6 Å². The van der Waals surface area contributed by atoms with Crippen molar-refractivity contribution in [3.63, 3.8) is 0 Å². The molecule has 1 aromatic carbocycles. The van der Waals surface area contributed by atoms with Crippen LogP contribution in [0.4, 0.5) is 5.95 Å². The van der Waals surface area contributed by atoms with E-state index in [-0.39, 0.29) is 12.1 Å². The van der Waals surface area contributed by atoms with Gasteiger partial charge in [0.05, 0.1) is 30.7 Å². The van der Waals surface area contributed by atoms with Gasteiger partial charge in [-0.2, -0.15) is 0 Å². The van der Waals surface area contributed by atoms with E-state index in [0.29, 0.717) is 13.2 Å². The number of anilines is 1. The van der Waals surface area contributed by atoms with Crippen molar-refractivity contribution in [1.82, 2.24) is 14.9 Å². The van der Waals surface area contributed by atoms with E-state index in [9.17, 15) is 5.11 Å². The Hall–Kier alpha value is -2.87. The lowest BCUT2D eigenvalue weighted by molar-refractivity contribution is 0.0504. The van der Waals surface area contributed by atoms with E-state index in [4.69, 9.17) is 14.7 Å². The molecule has 2 unspecified atom stereocenters. The minimum atomic E-state index is -0.227. The number of aliphatic hydroxyl groups is 1. The van der Waals surface area contributed by atoms with Gasteiger partial charge in [0, 0.05) is 49.2 Å². The number of aromatic nitrogens is 2. The normalized spacial score (nSPS) is 23.3. The lowest BCUT2D eigenvalue weighted by Gasteiger charge is -2.35. The molecule has 2 fully saturated rings. The van der Waals surface area contributed by atoms with Crippen LogP contribution in [0.25, 0.3) is 17.3 Å². The van der Waals surface area contributed by atoms with Crippen LogP contribution in [-0.2, 0) is 11.2 Å². The Kier molecular flexibility index (Phi) is 7.18. The summed E-state index contributed by atoms with van der Waals surface area (Å²) in [5.41, 5.74) is 8.43. The van der Waals surface area contributed by atoms with E-state index in [0.717, 1.165) is 87.6 Å². The molecule has 194 valence electrons. The van der Waals surface area contributed by atoms with Gasteiger partial charge in [0.15, 0.2) is 0 Å². The van der Waals surface area contributed by atoms with E-state index in [1.54, 1.807) is 0 Å². The molecule has 0 saturated carbocycles. The van der Waals surface area contributed by atoms with Gasteiger partial charge in [0.1, 0.15) is 0 Å². The van der Waals surface area contributed by atoms with Crippen molar-refractivity contribution < 1.29 is 9.84 Å². The standard InChI is InChI=1S/C30H37N5O2/c1-21(35-12-4-8-26(36)20-35)22-5-2-6-24(17-22)29-27-10-9-23(25-7-3-11-31-19-25)18-28(27)32-30(33-29)34-13-15-37-16-14-34/h2,5-6,11,17-19,21,26,36H,3-4,7-10,12-16,20H2,1H3. The first-order chi connectivity index (χ1) is 18.2. The molecule has 4 heterocycles. The molecule has 2 atom stereocenters. The van der Waals surface area contributed by atoms with Crippen molar-refractivity contribution >= 4 is 18.2 Å². The van der Waals surface area contributed by atoms with Gasteiger partial charge in [-0.15, -0.1) is 0 Å². The number of benzene rings is 1. The zero-order valence-electron chi connectivity index (χ0n) is 21.8. The molecular formula is C30H37N5O2. The fourth-order valence-electron chi connectivity index (χ4n) is 5.99. The second-order valence-corrected chi connectivity index (χ2v) is 10.6. The van der Waals surface area contributed by atoms with Crippen LogP contribution in [0.3, 0.4) is 0 Å². The minimum Gasteiger partial charge on any atom is -0.392 e. The summed E-state index contributed by atoms with van der Waals surface area (Å²) in [6.07, 6.45) is 12.0. The van der Waals surface area contributed by atoms with Crippen molar-refractivity contribution in [2.24, 2.45) is 4.99 Å². The molecule has 0 amide bonds. The third kappa shape index (κ3) is 5.26. The number of morpholine rings is 1. The highest BCUT2D eigenvalue weighted by Crippen LogP contribution is 2.37. The van der Waals surface area contributed by atoms with Crippen LogP contribution in [0.5, 0.6) is 0 Å². The third-order valence-electron chi connectivity index (χ3n) is 8.19. The first-order valence-corrected chi connectivity index (χ1v) is 13.8. The zero-order chi connectivity index (χ0) is 25.2. The summed E-state index contributed by atoms with van der Waals surface area (Å²) in [6.45, 7) is 7.04. The van der Waals surface area contributed by atoms with Crippen LogP contribution < -0.4 is 4.90 Å². The number of aliphatic imine (C=N–C) groups is 1. The SMILES string of the molecule is CC(c1cccc(-c2nc(N3CCOCC3)nc3c2CCC(C2=CN=CCC2)=C3)c1)N1CCCC(O)C1. The maximum Gasteiger partial charge on any atom is 0.226 e. The first-order valence-electron chi connectivity index (χ1n) is 13.8. The topological polar surface area (TPSA) is 74.1 Å². The second-order valence-electron chi connectivity index (χ2n) is 10.6. The molecule has 1 N–H and O–H groups in total. The highest BCUT2D eigenvalue weighted by molar-refractivity contribution is 5.74. The summed E-state index contributed by atoms with van der Waals surface area (Å²) in [7, 11) is 0. The van der Waals surface area contributed by atoms with E-state index in [1.807, 2.05) is 12.4 Å². The van der Waals surface area contributed by atoms with Crippen LogP contribution in [0.15, 0.2) is 46.6 Å². The Labute approximate surface area is 219 Å². The number of ether oxygens (including phenoxy) is 1. The number of allylic oxidation sites excluding steroid dienone is 2. The van der Waals surface area contributed by atoms with Gasteiger partial charge in [0.2, 0.25) is 5.95 Å². The largest absolute Gasteiger partial charge is 0.392 e. The number of rotatable bonds is 5. The van der Waals surface area contributed by atoms with Gasteiger partial charge in [-0.3, -0.25) is 9.89 Å². The van der Waals surface area contributed by atoms with Crippen LogP contribution in [0.2, 0.25) is 0 Å². The fourth-order valence-corrected chi connectivity index (χ4v) is 5.99. The molecule has 3 aliphatic heterocycles. The van der Waals surface area contributed by atoms with E-state index in [2.05, 4.69) is 52.1 Å². The van der Waals surface area contributed by atoms with Gasteiger partial charge >= 0.3 is 0 Å².